The van der Waals surface area contributed by atoms with E-state index in [1.165, 1.54) is 0 Å². The van der Waals surface area contributed by atoms with E-state index >= 15 is 0 Å². The van der Waals surface area contributed by atoms with Gasteiger partial charge in [0.1, 0.15) is 10.4 Å². The van der Waals surface area contributed by atoms with Crippen molar-refractivity contribution in [3.8, 4) is 5.75 Å². The van der Waals surface area contributed by atoms with Crippen LogP contribution in [0.25, 0.3) is 10.9 Å². The fourth-order valence-corrected chi connectivity index (χ4v) is 4.11. The molecule has 0 aliphatic carbocycles. The molecule has 1 unspecified atom stereocenters. The van der Waals surface area contributed by atoms with E-state index in [-0.39, 0.29) is 11.7 Å². The van der Waals surface area contributed by atoms with Gasteiger partial charge in [0.05, 0.1) is 18.0 Å². The van der Waals surface area contributed by atoms with Gasteiger partial charge in [-0.2, -0.15) is 0 Å². The molecule has 0 bridgehead atoms. The fraction of sp³-hybridized carbons (Fsp3) is 0.333. The summed E-state index contributed by atoms with van der Waals surface area (Å²) in [6, 6.07) is 7.53. The Morgan fingerprint density at radius 2 is 2.21 bits per heavy atom. The van der Waals surface area contributed by atoms with Crippen molar-refractivity contribution >= 4 is 44.2 Å². The number of ether oxygens (including phenoxy) is 1. The number of aromatic nitrogens is 2. The lowest BCUT2D eigenvalue weighted by molar-refractivity contribution is 0.0856. The molecule has 0 spiro atoms. The van der Waals surface area contributed by atoms with Crippen molar-refractivity contribution in [2.75, 3.05) is 27.2 Å². The van der Waals surface area contributed by atoms with Crippen molar-refractivity contribution < 1.29 is 9.53 Å². The van der Waals surface area contributed by atoms with E-state index in [1.54, 1.807) is 6.20 Å². The summed E-state index contributed by atoms with van der Waals surface area (Å²) in [4.78, 5) is 19.8. The molecule has 2 aromatic heterocycles. The van der Waals surface area contributed by atoms with Gasteiger partial charge in [0, 0.05) is 41.5 Å². The lowest BCUT2D eigenvalue weighted by Gasteiger charge is -2.24. The van der Waals surface area contributed by atoms with Crippen LogP contribution in [0.15, 0.2) is 41.3 Å². The summed E-state index contributed by atoms with van der Waals surface area (Å²) < 4.78 is 8.72. The molecule has 3 heterocycles. The predicted octanol–water partition coefficient (Wildman–Crippen LogP) is 4.45. The van der Waals surface area contributed by atoms with Crippen LogP contribution in [0.4, 0.5) is 0 Å². The molecule has 0 N–H and O–H groups in total. The summed E-state index contributed by atoms with van der Waals surface area (Å²) in [5.74, 6) is 0.665. The molecule has 1 aliphatic heterocycles. The van der Waals surface area contributed by atoms with Crippen LogP contribution in [0.3, 0.4) is 0 Å². The molecule has 146 valence electrons. The Labute approximate surface area is 177 Å². The van der Waals surface area contributed by atoms with Crippen LogP contribution in [-0.2, 0) is 13.0 Å². The Bertz CT molecular complexity index is 1050. The predicted molar refractivity (Wildman–Crippen MR) is 114 cm³/mol. The van der Waals surface area contributed by atoms with Crippen molar-refractivity contribution in [3.05, 3.63) is 57.4 Å². The second kappa shape index (κ2) is 7.85. The average Bonchev–Trinajstić information content (AvgIpc) is 3.02. The zero-order valence-electron chi connectivity index (χ0n) is 15.8. The molecule has 1 aromatic carbocycles. The minimum atomic E-state index is -0.234. The molecule has 1 atom stereocenters. The highest BCUT2D eigenvalue weighted by molar-refractivity contribution is 9.10. The number of likely N-dealkylation sites (N-methyl/N-ethyl adjacent to an activating group) is 1. The van der Waals surface area contributed by atoms with Crippen LogP contribution in [-0.4, -0.2) is 47.5 Å². The molecular weight excluding hydrogens is 442 g/mol. The summed E-state index contributed by atoms with van der Waals surface area (Å²) in [5, 5.41) is 1.54. The van der Waals surface area contributed by atoms with E-state index in [9.17, 15) is 4.79 Å². The van der Waals surface area contributed by atoms with Gasteiger partial charge in [-0.25, -0.2) is 4.98 Å². The second-order valence-electron chi connectivity index (χ2n) is 7.39. The molecule has 0 saturated carbocycles. The lowest BCUT2D eigenvalue weighted by Crippen LogP contribution is -2.28. The molecule has 0 saturated heterocycles. The Morgan fingerprint density at radius 1 is 1.39 bits per heavy atom. The van der Waals surface area contributed by atoms with Crippen molar-refractivity contribution in [2.24, 2.45) is 5.92 Å². The van der Waals surface area contributed by atoms with Gasteiger partial charge in [-0.3, -0.25) is 4.79 Å². The van der Waals surface area contributed by atoms with E-state index in [0.717, 1.165) is 39.9 Å². The first-order valence-electron chi connectivity index (χ1n) is 9.17. The van der Waals surface area contributed by atoms with E-state index < -0.39 is 0 Å². The maximum atomic E-state index is 13.4. The first-order chi connectivity index (χ1) is 13.4. The normalized spacial score (nSPS) is 16.2. The van der Waals surface area contributed by atoms with Gasteiger partial charge in [0.15, 0.2) is 5.78 Å². The summed E-state index contributed by atoms with van der Waals surface area (Å²) in [7, 11) is 4.08. The monoisotopic (exact) mass is 461 g/mol. The van der Waals surface area contributed by atoms with Crippen LogP contribution in [0.2, 0.25) is 5.02 Å². The van der Waals surface area contributed by atoms with Crippen LogP contribution >= 0.6 is 27.5 Å². The molecule has 0 amide bonds. The number of carbonyl (C=O) groups excluding carboxylic acids is 1. The second-order valence-corrected chi connectivity index (χ2v) is 8.64. The summed E-state index contributed by atoms with van der Waals surface area (Å²) in [6.45, 7) is 2.06. The molecular formula is C21H21BrClN3O2. The quantitative estimate of drug-likeness (QED) is 0.415. The molecule has 28 heavy (non-hydrogen) atoms. The summed E-state index contributed by atoms with van der Waals surface area (Å²) >= 11 is 9.56. The van der Waals surface area contributed by atoms with Gasteiger partial charge in [0.25, 0.3) is 0 Å². The zero-order chi connectivity index (χ0) is 19.8. The molecule has 3 aromatic rings. The van der Waals surface area contributed by atoms with E-state index in [0.29, 0.717) is 23.6 Å². The standard InChI is InChI=1S/C21H21BrClN3O2/c1-25(2)5-6-26-11-17(16-10-24-20(22)9-18(16)26)21(27)14-7-13-8-15(23)3-4-19(13)28-12-14/h3-4,8-11,14H,5-7,12H2,1-2H3. The van der Waals surface area contributed by atoms with Crippen molar-refractivity contribution in [1.82, 2.24) is 14.5 Å². The number of hydrogen-bond donors (Lipinski definition) is 0. The number of carbonyl (C=O) groups is 1. The Balaban J connectivity index is 1.67. The maximum Gasteiger partial charge on any atom is 0.171 e. The molecule has 7 heteroatoms. The Hall–Kier alpha value is -1.89. The third-order valence-corrected chi connectivity index (χ3v) is 5.76. The number of pyridine rings is 1. The highest BCUT2D eigenvalue weighted by Crippen LogP contribution is 2.33. The van der Waals surface area contributed by atoms with E-state index in [2.05, 4.69) is 30.4 Å². The molecule has 4 rings (SSSR count). The van der Waals surface area contributed by atoms with Crippen LogP contribution < -0.4 is 4.74 Å². The number of halogens is 2. The summed E-state index contributed by atoms with van der Waals surface area (Å²) in [6.07, 6.45) is 4.36. The first kappa shape index (κ1) is 19.4. The van der Waals surface area contributed by atoms with Gasteiger partial charge < -0.3 is 14.2 Å². The number of benzene rings is 1. The Kier molecular flexibility index (Phi) is 5.45. The fourth-order valence-electron chi connectivity index (χ4n) is 3.60. The number of fused-ring (bicyclic) bond motifs is 2. The smallest absolute Gasteiger partial charge is 0.171 e. The molecule has 5 nitrogen and oxygen atoms in total. The van der Waals surface area contributed by atoms with Crippen molar-refractivity contribution in [1.29, 1.82) is 0 Å². The number of ketones is 1. The number of rotatable bonds is 5. The third kappa shape index (κ3) is 3.81. The van der Waals surface area contributed by atoms with Crippen molar-refractivity contribution in [3.63, 3.8) is 0 Å². The van der Waals surface area contributed by atoms with E-state index in [4.69, 9.17) is 16.3 Å². The highest BCUT2D eigenvalue weighted by atomic mass is 79.9. The molecule has 0 radical (unpaired) electrons. The number of nitrogens with zero attached hydrogens (tertiary/aromatic N) is 3. The van der Waals surface area contributed by atoms with Gasteiger partial charge in [-0.1, -0.05) is 11.6 Å². The largest absolute Gasteiger partial charge is 0.493 e. The highest BCUT2D eigenvalue weighted by Gasteiger charge is 2.29. The third-order valence-electron chi connectivity index (χ3n) is 5.09. The SMILES string of the molecule is CN(C)CCn1cc(C(=O)C2COc3ccc(Cl)cc3C2)c2cnc(Br)cc21. The minimum absolute atomic E-state index is 0.0864. The van der Waals surface area contributed by atoms with Gasteiger partial charge in [0.2, 0.25) is 0 Å². The van der Waals surface area contributed by atoms with Gasteiger partial charge >= 0.3 is 0 Å². The van der Waals surface area contributed by atoms with Crippen LogP contribution in [0, 0.1) is 5.92 Å². The Morgan fingerprint density at radius 3 is 3.00 bits per heavy atom. The topological polar surface area (TPSA) is 47.4 Å². The summed E-state index contributed by atoms with van der Waals surface area (Å²) in [5.41, 5.74) is 2.69. The first-order valence-corrected chi connectivity index (χ1v) is 10.3. The number of Topliss-reactive ketones (excluding diaryl/α,β-unsaturated/α-hetero) is 1. The molecule has 1 aliphatic rings. The molecule has 0 fully saturated rings. The van der Waals surface area contributed by atoms with Gasteiger partial charge in [-0.15, -0.1) is 0 Å². The maximum absolute atomic E-state index is 13.4. The average molecular weight is 463 g/mol. The van der Waals surface area contributed by atoms with E-state index in [1.807, 2.05) is 44.6 Å². The number of hydrogen-bond acceptors (Lipinski definition) is 4. The zero-order valence-corrected chi connectivity index (χ0v) is 18.1. The lowest BCUT2D eigenvalue weighted by atomic mass is 9.90. The van der Waals surface area contributed by atoms with Gasteiger partial charge in [-0.05, 0) is 66.3 Å². The van der Waals surface area contributed by atoms with Crippen LogP contribution in [0.5, 0.6) is 5.75 Å². The van der Waals surface area contributed by atoms with Crippen LogP contribution in [0.1, 0.15) is 15.9 Å². The van der Waals surface area contributed by atoms with Crippen molar-refractivity contribution in [2.45, 2.75) is 13.0 Å². The minimum Gasteiger partial charge on any atom is -0.493 e.